The van der Waals surface area contributed by atoms with E-state index in [0.717, 1.165) is 18.5 Å². The van der Waals surface area contributed by atoms with Gasteiger partial charge in [0, 0.05) is 23.8 Å². The quantitative estimate of drug-likeness (QED) is 0.900. The number of halogens is 1. The first-order valence-corrected chi connectivity index (χ1v) is 7.38. The summed E-state index contributed by atoms with van der Waals surface area (Å²) < 4.78 is 13.5. The van der Waals surface area contributed by atoms with Crippen LogP contribution in [0.15, 0.2) is 18.2 Å². The van der Waals surface area contributed by atoms with Crippen LogP contribution in [0.1, 0.15) is 37.7 Å². The van der Waals surface area contributed by atoms with Crippen molar-refractivity contribution in [2.75, 3.05) is 11.9 Å². The molecule has 3 rings (SSSR count). The van der Waals surface area contributed by atoms with Gasteiger partial charge < -0.3 is 10.2 Å². The lowest BCUT2D eigenvalue weighted by Gasteiger charge is -2.50. The van der Waals surface area contributed by atoms with E-state index in [-0.39, 0.29) is 5.56 Å². The highest BCUT2D eigenvalue weighted by Crippen LogP contribution is 2.38. The summed E-state index contributed by atoms with van der Waals surface area (Å²) in [6.45, 7) is 0. The molecule has 3 nitrogen and oxygen atoms in total. The van der Waals surface area contributed by atoms with E-state index < -0.39 is 5.82 Å². The molecule has 0 radical (unpaired) electrons. The van der Waals surface area contributed by atoms with Crippen LogP contribution in [0.4, 0.5) is 10.1 Å². The standard InChI is InChI=1S/C16H20FN3/c1-19-12-8-13-3-2-4-14(9-12)20(13)15-5-6-16(17)11(7-15)10-18/h5-7,12-14,19H,2-4,8-9H2,1H3. The molecule has 2 heterocycles. The zero-order chi connectivity index (χ0) is 14.1. The van der Waals surface area contributed by atoms with Crippen molar-refractivity contribution in [2.24, 2.45) is 0 Å². The molecule has 0 amide bonds. The summed E-state index contributed by atoms with van der Waals surface area (Å²) >= 11 is 0. The number of rotatable bonds is 2. The van der Waals surface area contributed by atoms with E-state index in [1.165, 1.54) is 25.3 Å². The molecule has 0 spiro atoms. The van der Waals surface area contributed by atoms with Crippen LogP contribution in [0.5, 0.6) is 0 Å². The average Bonchev–Trinajstić information content (AvgIpc) is 2.46. The second-order valence-corrected chi connectivity index (χ2v) is 5.88. The summed E-state index contributed by atoms with van der Waals surface area (Å²) in [5.74, 6) is -0.425. The molecule has 106 valence electrons. The number of fused-ring (bicyclic) bond motifs is 2. The summed E-state index contributed by atoms with van der Waals surface area (Å²) in [4.78, 5) is 2.43. The minimum absolute atomic E-state index is 0.149. The lowest BCUT2D eigenvalue weighted by molar-refractivity contribution is 0.252. The Bertz CT molecular complexity index is 523. The number of nitrogens with one attached hydrogen (secondary N) is 1. The number of piperidine rings is 2. The topological polar surface area (TPSA) is 39.1 Å². The molecule has 2 fully saturated rings. The number of hydrogen-bond acceptors (Lipinski definition) is 3. The van der Waals surface area contributed by atoms with Gasteiger partial charge in [-0.2, -0.15) is 5.26 Å². The Kier molecular flexibility index (Phi) is 3.62. The van der Waals surface area contributed by atoms with Crippen LogP contribution in [-0.2, 0) is 0 Å². The molecule has 1 aromatic carbocycles. The van der Waals surface area contributed by atoms with E-state index >= 15 is 0 Å². The first kappa shape index (κ1) is 13.4. The van der Waals surface area contributed by atoms with Gasteiger partial charge in [0.2, 0.25) is 0 Å². The number of nitrogens with zero attached hydrogens (tertiary/aromatic N) is 2. The summed E-state index contributed by atoms with van der Waals surface area (Å²) in [6.07, 6.45) is 5.91. The number of nitriles is 1. The maximum absolute atomic E-state index is 13.5. The first-order valence-electron chi connectivity index (χ1n) is 7.38. The number of anilines is 1. The van der Waals surface area contributed by atoms with Gasteiger partial charge in [-0.25, -0.2) is 4.39 Å². The molecular weight excluding hydrogens is 253 g/mol. The van der Waals surface area contributed by atoms with Gasteiger partial charge in [0.1, 0.15) is 11.9 Å². The first-order chi connectivity index (χ1) is 9.72. The van der Waals surface area contributed by atoms with Gasteiger partial charge >= 0.3 is 0 Å². The van der Waals surface area contributed by atoms with Crippen molar-refractivity contribution in [3.8, 4) is 6.07 Å². The molecule has 20 heavy (non-hydrogen) atoms. The van der Waals surface area contributed by atoms with Gasteiger partial charge in [-0.05, 0) is 57.4 Å². The van der Waals surface area contributed by atoms with E-state index in [0.29, 0.717) is 18.1 Å². The molecule has 2 atom stereocenters. The molecular formula is C16H20FN3. The molecule has 0 aliphatic carbocycles. The second kappa shape index (κ2) is 5.41. The lowest BCUT2D eigenvalue weighted by atomic mass is 9.81. The van der Waals surface area contributed by atoms with Gasteiger partial charge in [0.15, 0.2) is 0 Å². The van der Waals surface area contributed by atoms with Crippen LogP contribution >= 0.6 is 0 Å². The highest BCUT2D eigenvalue weighted by molar-refractivity contribution is 5.54. The molecule has 2 aliphatic heterocycles. The molecule has 1 N–H and O–H groups in total. The van der Waals surface area contributed by atoms with E-state index in [1.54, 1.807) is 6.07 Å². The number of benzene rings is 1. The van der Waals surface area contributed by atoms with Crippen LogP contribution in [0, 0.1) is 17.1 Å². The third-order valence-electron chi connectivity index (χ3n) is 4.75. The molecule has 4 heteroatoms. The second-order valence-electron chi connectivity index (χ2n) is 5.88. The Morgan fingerprint density at radius 2 is 2.00 bits per heavy atom. The Labute approximate surface area is 119 Å². The van der Waals surface area contributed by atoms with Gasteiger partial charge in [0.05, 0.1) is 5.56 Å². The van der Waals surface area contributed by atoms with Crippen molar-refractivity contribution in [1.82, 2.24) is 5.32 Å². The smallest absolute Gasteiger partial charge is 0.141 e. The molecule has 2 unspecified atom stereocenters. The third kappa shape index (κ3) is 2.27. The zero-order valence-electron chi connectivity index (χ0n) is 11.8. The Hall–Kier alpha value is -1.60. The van der Waals surface area contributed by atoms with Crippen molar-refractivity contribution in [3.05, 3.63) is 29.6 Å². The largest absolute Gasteiger partial charge is 0.365 e. The van der Waals surface area contributed by atoms with Crippen molar-refractivity contribution >= 4 is 5.69 Å². The van der Waals surface area contributed by atoms with Crippen molar-refractivity contribution in [3.63, 3.8) is 0 Å². The summed E-state index contributed by atoms with van der Waals surface area (Å²) in [6, 6.07) is 8.50. The summed E-state index contributed by atoms with van der Waals surface area (Å²) in [5, 5.41) is 12.4. The normalized spacial score (nSPS) is 29.1. The SMILES string of the molecule is CNC1CC2CCCC(C1)N2c1ccc(F)c(C#N)c1. The van der Waals surface area contributed by atoms with Crippen molar-refractivity contribution in [1.29, 1.82) is 5.26 Å². The van der Waals surface area contributed by atoms with Gasteiger partial charge in [-0.3, -0.25) is 0 Å². The zero-order valence-corrected chi connectivity index (χ0v) is 11.8. The van der Waals surface area contributed by atoms with Crippen LogP contribution in [-0.4, -0.2) is 25.2 Å². The van der Waals surface area contributed by atoms with E-state index in [9.17, 15) is 4.39 Å². The minimum atomic E-state index is -0.425. The fraction of sp³-hybridized carbons (Fsp3) is 0.562. The van der Waals surface area contributed by atoms with Crippen molar-refractivity contribution in [2.45, 2.75) is 50.2 Å². The Balaban J connectivity index is 1.92. The van der Waals surface area contributed by atoms with Gasteiger partial charge in [-0.15, -0.1) is 0 Å². The highest BCUT2D eigenvalue weighted by atomic mass is 19.1. The minimum Gasteiger partial charge on any atom is -0.365 e. The average molecular weight is 273 g/mol. The fourth-order valence-corrected chi connectivity index (χ4v) is 3.80. The van der Waals surface area contributed by atoms with Crippen molar-refractivity contribution < 1.29 is 4.39 Å². The van der Waals surface area contributed by atoms with E-state index in [2.05, 4.69) is 10.2 Å². The maximum atomic E-state index is 13.5. The highest BCUT2D eigenvalue weighted by Gasteiger charge is 2.37. The van der Waals surface area contributed by atoms with Crippen LogP contribution in [0.3, 0.4) is 0 Å². The molecule has 0 saturated carbocycles. The monoisotopic (exact) mass is 273 g/mol. The molecule has 2 aliphatic rings. The third-order valence-corrected chi connectivity index (χ3v) is 4.75. The maximum Gasteiger partial charge on any atom is 0.141 e. The summed E-state index contributed by atoms with van der Waals surface area (Å²) in [7, 11) is 2.03. The van der Waals surface area contributed by atoms with Gasteiger partial charge in [-0.1, -0.05) is 0 Å². The van der Waals surface area contributed by atoms with Crippen LogP contribution in [0.25, 0.3) is 0 Å². The van der Waals surface area contributed by atoms with Gasteiger partial charge in [0.25, 0.3) is 0 Å². The van der Waals surface area contributed by atoms with Crippen LogP contribution in [0.2, 0.25) is 0 Å². The summed E-state index contributed by atoms with van der Waals surface area (Å²) in [5.41, 5.74) is 1.16. The van der Waals surface area contributed by atoms with E-state index in [4.69, 9.17) is 5.26 Å². The van der Waals surface area contributed by atoms with E-state index in [1.807, 2.05) is 19.2 Å². The predicted molar refractivity (Wildman–Crippen MR) is 77.1 cm³/mol. The lowest BCUT2D eigenvalue weighted by Crippen LogP contribution is -2.56. The fourth-order valence-electron chi connectivity index (χ4n) is 3.80. The Morgan fingerprint density at radius 1 is 1.30 bits per heavy atom. The van der Waals surface area contributed by atoms with Crippen LogP contribution < -0.4 is 10.2 Å². The molecule has 2 bridgehead atoms. The predicted octanol–water partition coefficient (Wildman–Crippen LogP) is 2.81. The Morgan fingerprint density at radius 3 is 2.60 bits per heavy atom. The molecule has 0 aromatic heterocycles. The number of hydrogen-bond donors (Lipinski definition) is 1. The molecule has 2 saturated heterocycles. The molecule has 1 aromatic rings.